The maximum absolute atomic E-state index is 10.7. The summed E-state index contributed by atoms with van der Waals surface area (Å²) in [5, 5.41) is 8.81. The van der Waals surface area contributed by atoms with E-state index in [0.717, 1.165) is 5.56 Å². The van der Waals surface area contributed by atoms with Gasteiger partial charge in [0.2, 0.25) is 0 Å². The molecule has 4 nitrogen and oxygen atoms in total. The molecule has 17 heavy (non-hydrogen) atoms. The molecule has 0 spiro atoms. The van der Waals surface area contributed by atoms with Gasteiger partial charge in [0.1, 0.15) is 11.4 Å². The summed E-state index contributed by atoms with van der Waals surface area (Å²) < 4.78 is 5.20. The third-order valence-corrected chi connectivity index (χ3v) is 2.40. The lowest BCUT2D eigenvalue weighted by Crippen LogP contribution is -1.96. The van der Waals surface area contributed by atoms with E-state index in [0.29, 0.717) is 11.4 Å². The lowest BCUT2D eigenvalue weighted by Gasteiger charge is -2.06. The van der Waals surface area contributed by atoms with Crippen LogP contribution in [-0.2, 0) is 0 Å². The first kappa shape index (κ1) is 11.1. The van der Waals surface area contributed by atoms with Crippen LogP contribution in [0.4, 0.5) is 0 Å². The molecule has 0 atom stereocenters. The number of carbonyl (C=O) groups is 1. The van der Waals surface area contributed by atoms with Crippen molar-refractivity contribution in [3.63, 3.8) is 0 Å². The molecule has 1 N–H and O–H groups in total. The van der Waals surface area contributed by atoms with Gasteiger partial charge in [-0.15, -0.1) is 0 Å². The highest BCUT2D eigenvalue weighted by Crippen LogP contribution is 2.27. The fraction of sp³-hybridized carbons (Fsp3) is 0.0769. The highest BCUT2D eigenvalue weighted by molar-refractivity contribution is 5.88. The van der Waals surface area contributed by atoms with Crippen molar-refractivity contribution < 1.29 is 14.6 Å². The van der Waals surface area contributed by atoms with Gasteiger partial charge in [0.15, 0.2) is 0 Å². The summed E-state index contributed by atoms with van der Waals surface area (Å²) in [5.41, 5.74) is 1.78. The molecular weight excluding hydrogens is 218 g/mol. The summed E-state index contributed by atoms with van der Waals surface area (Å²) in [6.45, 7) is 0. The number of benzene rings is 1. The Morgan fingerprint density at radius 3 is 2.53 bits per heavy atom. The Balaban J connectivity index is 2.43. The summed E-state index contributed by atoms with van der Waals surface area (Å²) in [5.74, 6) is -0.278. The first-order valence-electron chi connectivity index (χ1n) is 5.05. The van der Waals surface area contributed by atoms with E-state index in [1.807, 2.05) is 6.07 Å². The second-order valence-corrected chi connectivity index (χ2v) is 3.44. The van der Waals surface area contributed by atoms with Gasteiger partial charge in [-0.1, -0.05) is 12.1 Å². The average Bonchev–Trinajstić information content (AvgIpc) is 2.39. The number of hydrogen-bond donors (Lipinski definition) is 1. The van der Waals surface area contributed by atoms with Gasteiger partial charge in [0, 0.05) is 11.8 Å². The highest BCUT2D eigenvalue weighted by atomic mass is 16.5. The predicted molar refractivity (Wildman–Crippen MR) is 63.2 cm³/mol. The number of aromatic nitrogens is 1. The van der Waals surface area contributed by atoms with Gasteiger partial charge in [0.05, 0.1) is 12.7 Å². The van der Waals surface area contributed by atoms with E-state index in [9.17, 15) is 4.79 Å². The topological polar surface area (TPSA) is 59.4 Å². The number of pyridine rings is 1. The standard InChI is InChI=1S/C13H11NO3/c1-17-11-3-2-8-14-12(11)9-4-6-10(7-5-9)13(15)16/h2-8H,1H3,(H,15,16). The Kier molecular flexibility index (Phi) is 3.05. The van der Waals surface area contributed by atoms with E-state index in [1.54, 1.807) is 43.6 Å². The van der Waals surface area contributed by atoms with Crippen LogP contribution in [0.3, 0.4) is 0 Å². The average molecular weight is 229 g/mol. The Hall–Kier alpha value is -2.36. The number of hydrogen-bond acceptors (Lipinski definition) is 3. The number of aromatic carboxylic acids is 1. The lowest BCUT2D eigenvalue weighted by molar-refractivity contribution is 0.0697. The molecule has 0 aliphatic carbocycles. The minimum Gasteiger partial charge on any atom is -0.494 e. The zero-order valence-electron chi connectivity index (χ0n) is 9.25. The van der Waals surface area contributed by atoms with E-state index in [1.165, 1.54) is 0 Å². The van der Waals surface area contributed by atoms with Crippen LogP contribution in [0.5, 0.6) is 5.75 Å². The molecule has 1 heterocycles. The van der Waals surface area contributed by atoms with Gasteiger partial charge in [0.25, 0.3) is 0 Å². The molecule has 1 aromatic heterocycles. The fourth-order valence-corrected chi connectivity index (χ4v) is 1.54. The van der Waals surface area contributed by atoms with Crippen molar-refractivity contribution >= 4 is 5.97 Å². The molecule has 0 aliphatic heterocycles. The third-order valence-electron chi connectivity index (χ3n) is 2.40. The second kappa shape index (κ2) is 4.65. The van der Waals surface area contributed by atoms with Crippen LogP contribution in [-0.4, -0.2) is 23.2 Å². The molecule has 0 fully saturated rings. The number of ether oxygens (including phenoxy) is 1. The van der Waals surface area contributed by atoms with Gasteiger partial charge in [-0.3, -0.25) is 4.98 Å². The van der Waals surface area contributed by atoms with Crippen LogP contribution in [0.2, 0.25) is 0 Å². The van der Waals surface area contributed by atoms with E-state index < -0.39 is 5.97 Å². The van der Waals surface area contributed by atoms with Crippen LogP contribution in [0.25, 0.3) is 11.3 Å². The van der Waals surface area contributed by atoms with Crippen molar-refractivity contribution in [2.75, 3.05) is 7.11 Å². The van der Waals surface area contributed by atoms with E-state index in [-0.39, 0.29) is 5.56 Å². The SMILES string of the molecule is COc1cccnc1-c1ccc(C(=O)O)cc1. The number of carboxylic acids is 1. The molecule has 1 aromatic carbocycles. The molecule has 0 saturated heterocycles. The molecule has 0 unspecified atom stereocenters. The molecule has 0 aliphatic rings. The normalized spacial score (nSPS) is 9.94. The summed E-state index contributed by atoms with van der Waals surface area (Å²) in [7, 11) is 1.58. The predicted octanol–water partition coefficient (Wildman–Crippen LogP) is 2.46. The van der Waals surface area contributed by atoms with E-state index in [4.69, 9.17) is 9.84 Å². The summed E-state index contributed by atoms with van der Waals surface area (Å²) in [6.07, 6.45) is 1.67. The lowest BCUT2D eigenvalue weighted by atomic mass is 10.1. The molecule has 0 amide bonds. The highest BCUT2D eigenvalue weighted by Gasteiger charge is 2.07. The quantitative estimate of drug-likeness (QED) is 0.878. The molecule has 4 heteroatoms. The minimum atomic E-state index is -0.940. The molecule has 2 rings (SSSR count). The molecule has 0 saturated carbocycles. The minimum absolute atomic E-state index is 0.253. The number of nitrogens with zero attached hydrogens (tertiary/aromatic N) is 1. The molecular formula is C13H11NO3. The number of methoxy groups -OCH3 is 1. The van der Waals surface area contributed by atoms with Gasteiger partial charge in [-0.2, -0.15) is 0 Å². The Bertz CT molecular complexity index is 535. The van der Waals surface area contributed by atoms with E-state index >= 15 is 0 Å². The Morgan fingerprint density at radius 2 is 1.94 bits per heavy atom. The van der Waals surface area contributed by atoms with Crippen LogP contribution in [0, 0.1) is 0 Å². The third kappa shape index (κ3) is 2.25. The van der Waals surface area contributed by atoms with Gasteiger partial charge < -0.3 is 9.84 Å². The fourth-order valence-electron chi connectivity index (χ4n) is 1.54. The second-order valence-electron chi connectivity index (χ2n) is 3.44. The summed E-state index contributed by atoms with van der Waals surface area (Å²) >= 11 is 0. The van der Waals surface area contributed by atoms with Crippen LogP contribution in [0.1, 0.15) is 10.4 Å². The van der Waals surface area contributed by atoms with E-state index in [2.05, 4.69) is 4.98 Å². The molecule has 0 bridgehead atoms. The van der Waals surface area contributed by atoms with Gasteiger partial charge >= 0.3 is 5.97 Å². The zero-order chi connectivity index (χ0) is 12.3. The maximum atomic E-state index is 10.7. The number of rotatable bonds is 3. The maximum Gasteiger partial charge on any atom is 0.335 e. The molecule has 0 radical (unpaired) electrons. The van der Waals surface area contributed by atoms with Crippen molar-refractivity contribution in [1.82, 2.24) is 4.98 Å². The summed E-state index contributed by atoms with van der Waals surface area (Å²) in [4.78, 5) is 15.0. The first-order valence-corrected chi connectivity index (χ1v) is 5.05. The Morgan fingerprint density at radius 1 is 1.24 bits per heavy atom. The van der Waals surface area contributed by atoms with Gasteiger partial charge in [-0.05, 0) is 24.3 Å². The van der Waals surface area contributed by atoms with Crippen molar-refractivity contribution in [3.05, 3.63) is 48.2 Å². The summed E-state index contributed by atoms with van der Waals surface area (Å²) in [6, 6.07) is 10.1. The van der Waals surface area contributed by atoms with Crippen LogP contribution in [0.15, 0.2) is 42.6 Å². The zero-order valence-corrected chi connectivity index (χ0v) is 9.25. The van der Waals surface area contributed by atoms with Crippen LogP contribution >= 0.6 is 0 Å². The molecule has 2 aromatic rings. The van der Waals surface area contributed by atoms with Gasteiger partial charge in [-0.25, -0.2) is 4.79 Å². The smallest absolute Gasteiger partial charge is 0.335 e. The van der Waals surface area contributed by atoms with Crippen molar-refractivity contribution in [3.8, 4) is 17.0 Å². The molecule has 86 valence electrons. The van der Waals surface area contributed by atoms with Crippen LogP contribution < -0.4 is 4.74 Å². The van der Waals surface area contributed by atoms with Crippen molar-refractivity contribution in [2.45, 2.75) is 0 Å². The number of carboxylic acid groups (broad SMARTS) is 1. The van der Waals surface area contributed by atoms with Crippen molar-refractivity contribution in [1.29, 1.82) is 0 Å². The van der Waals surface area contributed by atoms with Crippen molar-refractivity contribution in [2.24, 2.45) is 0 Å². The monoisotopic (exact) mass is 229 g/mol. The largest absolute Gasteiger partial charge is 0.494 e. The first-order chi connectivity index (χ1) is 8.22. The Labute approximate surface area is 98.5 Å².